The van der Waals surface area contributed by atoms with Crippen LogP contribution in [0.3, 0.4) is 0 Å². The summed E-state index contributed by atoms with van der Waals surface area (Å²) in [4.78, 5) is 30.1. The summed E-state index contributed by atoms with van der Waals surface area (Å²) in [6.45, 7) is 11.7. The predicted octanol–water partition coefficient (Wildman–Crippen LogP) is 8.89. The van der Waals surface area contributed by atoms with E-state index < -0.39 is 5.92 Å². The number of ether oxygens (including phenoxy) is 2. The summed E-state index contributed by atoms with van der Waals surface area (Å²) in [5.41, 5.74) is 5.04. The van der Waals surface area contributed by atoms with Crippen molar-refractivity contribution in [1.29, 1.82) is 0 Å². The molecule has 0 unspecified atom stereocenters. The maximum atomic E-state index is 13.9. The number of hydrogen-bond donors (Lipinski definition) is 0. The Labute approximate surface area is 266 Å². The van der Waals surface area contributed by atoms with Crippen molar-refractivity contribution in [3.8, 4) is 11.5 Å². The molecule has 2 aromatic rings. The van der Waals surface area contributed by atoms with Crippen LogP contribution in [0.15, 0.2) is 52.9 Å². The highest BCUT2D eigenvalue weighted by Crippen LogP contribution is 2.55. The van der Waals surface area contributed by atoms with Crippen LogP contribution in [0.25, 0.3) is 0 Å². The molecule has 0 N–H and O–H groups in total. The first-order valence-electron chi connectivity index (χ1n) is 14.0. The molecule has 0 saturated heterocycles. The van der Waals surface area contributed by atoms with E-state index in [1.54, 1.807) is 19.2 Å². The van der Waals surface area contributed by atoms with Gasteiger partial charge in [-0.2, -0.15) is 0 Å². The molecule has 8 heteroatoms. The predicted molar refractivity (Wildman–Crippen MR) is 172 cm³/mol. The number of nitrogens with zero attached hydrogens (tertiary/aromatic N) is 1. The number of methoxy groups -OCH3 is 1. The van der Waals surface area contributed by atoms with Crippen LogP contribution in [0.4, 0.5) is 0 Å². The quantitative estimate of drug-likeness (QED) is 0.281. The van der Waals surface area contributed by atoms with Crippen LogP contribution in [0, 0.1) is 14.4 Å². The van der Waals surface area contributed by atoms with Gasteiger partial charge < -0.3 is 14.4 Å². The fraction of sp³-hybridized carbons (Fsp3) is 0.455. The minimum atomic E-state index is -0.433. The van der Waals surface area contributed by atoms with Crippen molar-refractivity contribution in [1.82, 2.24) is 4.90 Å². The third-order valence-electron chi connectivity index (χ3n) is 8.31. The van der Waals surface area contributed by atoms with Crippen molar-refractivity contribution < 1.29 is 19.1 Å². The van der Waals surface area contributed by atoms with Crippen molar-refractivity contribution in [2.24, 2.45) is 10.8 Å². The van der Waals surface area contributed by atoms with Gasteiger partial charge in [0.2, 0.25) is 0 Å². The zero-order chi connectivity index (χ0) is 29.9. The Morgan fingerprint density at radius 3 is 2.02 bits per heavy atom. The molecule has 3 aliphatic rings. The van der Waals surface area contributed by atoms with Gasteiger partial charge in [0.05, 0.1) is 10.7 Å². The molecule has 0 spiro atoms. The lowest BCUT2D eigenvalue weighted by molar-refractivity contribution is -0.119. The molecule has 41 heavy (non-hydrogen) atoms. The average molecular weight is 708 g/mol. The fourth-order valence-corrected chi connectivity index (χ4v) is 7.84. The second kappa shape index (κ2) is 11.2. The lowest BCUT2D eigenvalue weighted by atomic mass is 9.63. The third-order valence-corrected chi connectivity index (χ3v) is 9.70. The van der Waals surface area contributed by atoms with Crippen LogP contribution in [0.5, 0.6) is 11.5 Å². The van der Waals surface area contributed by atoms with E-state index in [4.69, 9.17) is 32.7 Å². The van der Waals surface area contributed by atoms with Gasteiger partial charge in [0.1, 0.15) is 6.61 Å². The fourth-order valence-electron chi connectivity index (χ4n) is 6.60. The first-order valence-corrected chi connectivity index (χ1v) is 15.8. The summed E-state index contributed by atoms with van der Waals surface area (Å²) in [5.74, 6) is 0.944. The number of carbonyl (C=O) groups is 2. The summed E-state index contributed by atoms with van der Waals surface area (Å²) in [6.07, 6.45) is 2.50. The number of Topliss-reactive ketones (excluding diaryl/α,β-unsaturated/α-hetero) is 2. The first-order chi connectivity index (χ1) is 19.2. The largest absolute Gasteiger partial charge is 0.493 e. The molecule has 5 rings (SSSR count). The highest BCUT2D eigenvalue weighted by Gasteiger charge is 2.48. The molecule has 5 nitrogen and oxygen atoms in total. The molecule has 0 radical (unpaired) electrons. The van der Waals surface area contributed by atoms with Gasteiger partial charge in [0.15, 0.2) is 23.1 Å². The third kappa shape index (κ3) is 5.81. The zero-order valence-corrected chi connectivity index (χ0v) is 28.1. The number of carbonyl (C=O) groups excluding carboxylic acids is 2. The van der Waals surface area contributed by atoms with Crippen LogP contribution in [0.2, 0.25) is 10.0 Å². The molecule has 218 valence electrons. The molecule has 1 aliphatic heterocycles. The van der Waals surface area contributed by atoms with E-state index in [0.29, 0.717) is 34.4 Å². The van der Waals surface area contributed by atoms with Crippen molar-refractivity contribution in [3.63, 3.8) is 0 Å². The molecule has 2 aromatic carbocycles. The Balaban J connectivity index is 1.64. The van der Waals surface area contributed by atoms with Crippen LogP contribution in [-0.2, 0) is 16.2 Å². The van der Waals surface area contributed by atoms with E-state index in [0.717, 1.165) is 56.6 Å². The molecular formula is C33H36Cl2INO4. The van der Waals surface area contributed by atoms with E-state index in [1.807, 2.05) is 18.2 Å². The summed E-state index contributed by atoms with van der Waals surface area (Å²) in [6, 6.07) is 9.28. The van der Waals surface area contributed by atoms with Gasteiger partial charge in [-0.1, -0.05) is 57.0 Å². The van der Waals surface area contributed by atoms with Crippen molar-refractivity contribution in [2.75, 3.05) is 13.7 Å². The Hall–Kier alpha value is -2.03. The van der Waals surface area contributed by atoms with Gasteiger partial charge in [-0.25, -0.2) is 0 Å². The summed E-state index contributed by atoms with van der Waals surface area (Å²) >= 11 is 14.7. The zero-order valence-electron chi connectivity index (χ0n) is 24.4. The Kier molecular flexibility index (Phi) is 8.34. The van der Waals surface area contributed by atoms with Gasteiger partial charge in [0.25, 0.3) is 0 Å². The molecule has 0 bridgehead atoms. The molecule has 2 aliphatic carbocycles. The van der Waals surface area contributed by atoms with Crippen LogP contribution < -0.4 is 9.47 Å². The first kappa shape index (κ1) is 30.4. The summed E-state index contributed by atoms with van der Waals surface area (Å²) in [7, 11) is 1.61. The van der Waals surface area contributed by atoms with E-state index in [1.165, 1.54) is 0 Å². The van der Waals surface area contributed by atoms with Gasteiger partial charge in [-0.05, 0) is 83.0 Å². The number of allylic oxidation sites excluding steroid dienone is 4. The lowest BCUT2D eigenvalue weighted by Crippen LogP contribution is -2.44. The minimum Gasteiger partial charge on any atom is -0.493 e. The second-order valence-electron chi connectivity index (χ2n) is 12.8. The highest BCUT2D eigenvalue weighted by molar-refractivity contribution is 14.1. The van der Waals surface area contributed by atoms with E-state index >= 15 is 0 Å². The summed E-state index contributed by atoms with van der Waals surface area (Å²) in [5, 5.41) is 1.09. The van der Waals surface area contributed by atoms with Gasteiger partial charge in [-0.3, -0.25) is 9.59 Å². The number of hydrogen-bond acceptors (Lipinski definition) is 5. The summed E-state index contributed by atoms with van der Waals surface area (Å²) < 4.78 is 12.9. The lowest BCUT2D eigenvalue weighted by Gasteiger charge is -2.49. The standard InChI is InChI=1S/C33H36Cl2INO4/c1-7-37-23-13-32(2,3)15-25(38)29(23)28(30-24(37)14-33(4,5)16-26(30)39)19-10-22(36)31(27(11-19)40-6)41-17-18-8-9-20(34)12-21(18)35/h8-12,28H,7,13-17H2,1-6H3. The number of rotatable bonds is 6. The smallest absolute Gasteiger partial charge is 0.174 e. The average Bonchev–Trinajstić information content (AvgIpc) is 2.86. The maximum absolute atomic E-state index is 13.9. The van der Waals surface area contributed by atoms with E-state index in [2.05, 4.69) is 62.1 Å². The Morgan fingerprint density at radius 2 is 1.51 bits per heavy atom. The maximum Gasteiger partial charge on any atom is 0.174 e. The van der Waals surface area contributed by atoms with Crippen LogP contribution in [-0.4, -0.2) is 30.1 Å². The van der Waals surface area contributed by atoms with Crippen LogP contribution >= 0.6 is 45.8 Å². The monoisotopic (exact) mass is 707 g/mol. The SMILES string of the molecule is CCN1C2=C(C(=O)CC(C)(C)C2)C(c2cc(I)c(OCc3ccc(Cl)cc3Cl)c(OC)c2)C2=C1CC(C)(C)CC2=O. The van der Waals surface area contributed by atoms with E-state index in [-0.39, 0.29) is 29.0 Å². The van der Waals surface area contributed by atoms with Crippen molar-refractivity contribution >= 4 is 57.4 Å². The van der Waals surface area contributed by atoms with Gasteiger partial charge >= 0.3 is 0 Å². The van der Waals surface area contributed by atoms with Gasteiger partial charge in [0, 0.05) is 63.5 Å². The molecule has 0 atom stereocenters. The second-order valence-corrected chi connectivity index (χ2v) is 14.8. The Morgan fingerprint density at radius 1 is 0.927 bits per heavy atom. The number of benzene rings is 2. The topological polar surface area (TPSA) is 55.8 Å². The number of ketones is 2. The van der Waals surface area contributed by atoms with Crippen LogP contribution in [0.1, 0.15) is 77.3 Å². The molecular weight excluding hydrogens is 672 g/mol. The minimum absolute atomic E-state index is 0.121. The van der Waals surface area contributed by atoms with Crippen molar-refractivity contribution in [2.45, 2.75) is 72.8 Å². The van der Waals surface area contributed by atoms with Crippen molar-refractivity contribution in [3.05, 3.63) is 77.6 Å². The molecule has 1 heterocycles. The molecule has 0 saturated carbocycles. The number of halogens is 3. The molecule has 0 fully saturated rings. The van der Waals surface area contributed by atoms with Gasteiger partial charge in [-0.15, -0.1) is 0 Å². The normalized spacial score (nSPS) is 20.3. The Bertz CT molecular complexity index is 1450. The highest BCUT2D eigenvalue weighted by atomic mass is 127. The molecule has 0 amide bonds. The molecule has 0 aromatic heterocycles. The van der Waals surface area contributed by atoms with E-state index in [9.17, 15) is 9.59 Å².